The Balaban J connectivity index is 4.99. The summed E-state index contributed by atoms with van der Waals surface area (Å²) in [7, 11) is 0.744. The molecule has 0 fully saturated rings. The largest absolute Gasteiger partial charge is 0.478 e. The fourth-order valence-electron chi connectivity index (χ4n) is 6.94. The maximum atomic E-state index is 13.6. The van der Waals surface area contributed by atoms with Crippen molar-refractivity contribution >= 4 is 22.2 Å². The monoisotopic (exact) mass is 679 g/mol. The van der Waals surface area contributed by atoms with Gasteiger partial charge in [-0.15, -0.1) is 0 Å². The Morgan fingerprint density at radius 2 is 0.830 bits per heavy atom. The molecule has 1 unspecified atom stereocenters. The maximum Gasteiger partial charge on any atom is 0.334 e. The van der Waals surface area contributed by atoms with Gasteiger partial charge < -0.3 is 9.84 Å². The quantitative estimate of drug-likeness (QED) is 0.0310. The van der Waals surface area contributed by atoms with Crippen molar-refractivity contribution in [1.29, 1.82) is 0 Å². The third-order valence-electron chi connectivity index (χ3n) is 10.1. The second-order valence-electron chi connectivity index (χ2n) is 15.2. The average Bonchev–Trinajstić information content (AvgIpc) is 3.04. The molecule has 1 N–H and O–H groups in total. The van der Waals surface area contributed by atoms with E-state index in [1.165, 1.54) is 148 Å². The van der Waals surface area contributed by atoms with Crippen LogP contribution in [0.3, 0.4) is 0 Å². The molecule has 0 aliphatic rings. The van der Waals surface area contributed by atoms with Crippen molar-refractivity contribution < 1.29 is 19.4 Å². The van der Waals surface area contributed by atoms with Gasteiger partial charge in [0.05, 0.1) is 6.61 Å². The summed E-state index contributed by atoms with van der Waals surface area (Å²) >= 11 is 0. The fraction of sp³-hybridized carbons (Fsp3) is 0.905. The van der Waals surface area contributed by atoms with Crippen LogP contribution in [0.15, 0.2) is 11.1 Å². The van der Waals surface area contributed by atoms with E-state index in [2.05, 4.69) is 27.7 Å². The highest BCUT2D eigenvalue weighted by Crippen LogP contribution is 2.41. The van der Waals surface area contributed by atoms with Gasteiger partial charge in [0.2, 0.25) is 0 Å². The third-order valence-corrected chi connectivity index (χ3v) is 11.1. The lowest BCUT2D eigenvalue weighted by atomic mass is 9.87. The molecule has 0 saturated carbocycles. The van der Waals surface area contributed by atoms with Gasteiger partial charge in [0.25, 0.3) is 0 Å². The smallest absolute Gasteiger partial charge is 0.334 e. The van der Waals surface area contributed by atoms with Gasteiger partial charge in [-0.3, -0.25) is 0 Å². The van der Waals surface area contributed by atoms with Gasteiger partial charge in [0.1, 0.15) is 0 Å². The molecule has 0 spiro atoms. The molecule has 0 saturated heterocycles. The Labute approximate surface area is 296 Å². The zero-order valence-corrected chi connectivity index (χ0v) is 34.5. The molecule has 0 aromatic carbocycles. The van der Waals surface area contributed by atoms with E-state index in [1.807, 2.05) is 0 Å². The number of esters is 1. The molecule has 0 heterocycles. The Kier molecular flexibility index (Phi) is 32.6. The highest BCUT2D eigenvalue weighted by Gasteiger charge is 2.34. The Morgan fingerprint density at radius 1 is 0.511 bits per heavy atom. The van der Waals surface area contributed by atoms with E-state index in [-0.39, 0.29) is 11.0 Å². The lowest BCUT2D eigenvalue weighted by molar-refractivity contribution is -0.141. The number of carbonyl (C=O) groups is 2. The molecule has 0 amide bonds. The first-order chi connectivity index (χ1) is 22.8. The lowest BCUT2D eigenvalue weighted by Gasteiger charge is -2.29. The third kappa shape index (κ3) is 27.4. The second-order valence-corrected chi connectivity index (χ2v) is 17.4. The van der Waals surface area contributed by atoms with Gasteiger partial charge in [-0.25, -0.2) is 9.59 Å². The number of hydrogen-bond donors (Lipinski definition) is 1. The molecule has 278 valence electrons. The molecular weight excluding hydrogens is 597 g/mol. The summed E-state index contributed by atoms with van der Waals surface area (Å²) in [5.41, 5.74) is 0.831. The summed E-state index contributed by atoms with van der Waals surface area (Å²) in [5.74, 6) is -1.27. The predicted molar refractivity (Wildman–Crippen MR) is 209 cm³/mol. The van der Waals surface area contributed by atoms with E-state index < -0.39 is 5.97 Å². The Hall–Kier alpha value is -1.10. The molecule has 0 aliphatic heterocycles. The minimum Gasteiger partial charge on any atom is -0.478 e. The Bertz CT molecular complexity index is 760. The van der Waals surface area contributed by atoms with Crippen LogP contribution >= 0.6 is 0 Å². The fourth-order valence-corrected chi connectivity index (χ4v) is 7.80. The Morgan fingerprint density at radius 3 is 1.19 bits per heavy atom. The summed E-state index contributed by atoms with van der Waals surface area (Å²) < 4.78 is 5.86. The molecule has 0 aliphatic carbocycles. The van der Waals surface area contributed by atoms with E-state index in [9.17, 15) is 14.7 Å². The number of ether oxygens (including phenoxy) is 1. The lowest BCUT2D eigenvalue weighted by Crippen LogP contribution is -2.25. The van der Waals surface area contributed by atoms with Crippen molar-refractivity contribution in [3.8, 4) is 0 Å². The maximum absolute atomic E-state index is 13.6. The molecule has 0 radical (unpaired) electrons. The number of carboxylic acids is 1. The van der Waals surface area contributed by atoms with E-state index in [0.717, 1.165) is 61.6 Å². The number of aliphatic carboxylic acids is 1. The first-order valence-corrected chi connectivity index (χ1v) is 22.0. The van der Waals surface area contributed by atoms with Gasteiger partial charge >= 0.3 is 11.9 Å². The van der Waals surface area contributed by atoms with Gasteiger partial charge in [-0.2, -0.15) is 0 Å². The van der Waals surface area contributed by atoms with Crippen LogP contribution in [-0.4, -0.2) is 33.9 Å². The predicted octanol–water partition coefficient (Wildman–Crippen LogP) is 13.0. The van der Waals surface area contributed by atoms with Crippen molar-refractivity contribution in [1.82, 2.24) is 0 Å². The van der Waals surface area contributed by atoms with Crippen LogP contribution in [-0.2, 0) is 14.3 Å². The van der Waals surface area contributed by atoms with Crippen LogP contribution in [0.5, 0.6) is 0 Å². The van der Waals surface area contributed by atoms with Crippen LogP contribution in [0.25, 0.3) is 0 Å². The number of carbonyl (C=O) groups excluding carboxylic acids is 1. The van der Waals surface area contributed by atoms with Gasteiger partial charge in [0.15, 0.2) is 0 Å². The zero-order chi connectivity index (χ0) is 34.9. The van der Waals surface area contributed by atoms with E-state index in [4.69, 9.17) is 4.74 Å². The van der Waals surface area contributed by atoms with E-state index in [1.54, 1.807) is 0 Å². The van der Waals surface area contributed by atoms with Crippen LogP contribution in [0.4, 0.5) is 0 Å². The molecule has 4 nitrogen and oxygen atoms in total. The van der Waals surface area contributed by atoms with Crippen molar-refractivity contribution in [2.24, 2.45) is 0 Å². The number of rotatable bonds is 36. The molecule has 0 bridgehead atoms. The minimum atomic E-state index is -0.919. The zero-order valence-electron chi connectivity index (χ0n) is 32.5. The van der Waals surface area contributed by atoms with E-state index >= 15 is 0 Å². The van der Waals surface area contributed by atoms with Crippen molar-refractivity contribution in [3.05, 3.63) is 11.1 Å². The first-order valence-electron chi connectivity index (χ1n) is 21.0. The number of hydrogen-bond acceptors (Lipinski definition) is 3. The van der Waals surface area contributed by atoms with Gasteiger partial charge in [-0.1, -0.05) is 207 Å². The van der Waals surface area contributed by atoms with Crippen molar-refractivity contribution in [2.45, 2.75) is 238 Å². The molecular formula is C42H82O4Si. The molecule has 0 aromatic heterocycles. The molecule has 1 atom stereocenters. The second kappa shape index (κ2) is 33.4. The van der Waals surface area contributed by atoms with Crippen LogP contribution in [0, 0.1) is 0 Å². The van der Waals surface area contributed by atoms with Crippen LogP contribution < -0.4 is 0 Å². The summed E-state index contributed by atoms with van der Waals surface area (Å²) in [5, 5.41) is 9.98. The minimum absolute atomic E-state index is 0.335. The topological polar surface area (TPSA) is 63.6 Å². The molecule has 0 aromatic rings. The molecule has 0 rings (SSSR count). The summed E-state index contributed by atoms with van der Waals surface area (Å²) in [4.78, 5) is 26.3. The van der Waals surface area contributed by atoms with Gasteiger partial charge in [-0.05, 0) is 30.7 Å². The molecule has 47 heavy (non-hydrogen) atoms. The summed E-state index contributed by atoms with van der Waals surface area (Å²) in [6.07, 6.45) is 38.6. The number of carboxylic acid groups (broad SMARTS) is 1. The van der Waals surface area contributed by atoms with Gasteiger partial charge in [0, 0.05) is 21.4 Å². The average molecular weight is 679 g/mol. The highest BCUT2D eigenvalue weighted by molar-refractivity contribution is 6.22. The summed E-state index contributed by atoms with van der Waals surface area (Å²) in [6, 6.07) is 0. The number of unbranched alkanes of at least 4 members (excludes halogenated alkanes) is 27. The first kappa shape index (κ1) is 45.9. The van der Waals surface area contributed by atoms with Crippen molar-refractivity contribution in [2.75, 3.05) is 6.61 Å². The normalized spacial score (nSPS) is 13.4. The summed E-state index contributed by atoms with van der Waals surface area (Å²) in [6.45, 7) is 9.31. The van der Waals surface area contributed by atoms with E-state index in [0.29, 0.717) is 24.2 Å². The van der Waals surface area contributed by atoms with Crippen molar-refractivity contribution in [3.63, 3.8) is 0 Å². The molecule has 5 heteroatoms. The van der Waals surface area contributed by atoms with Crippen LogP contribution in [0.2, 0.25) is 5.04 Å². The highest BCUT2D eigenvalue weighted by atomic mass is 28.1. The van der Waals surface area contributed by atoms with Crippen LogP contribution in [0.1, 0.15) is 233 Å². The standard InChI is InChI=1S/C42H82O4Si/c1-5-8-11-14-17-20-23-26-29-32-35-38(40(43)44)39(41(45)46-37-34-31-28-25-22-19-16-13-10-7-3)42(4,47)36-33-30-27-24-21-18-15-12-9-6-2/h5-37H2,1-4,47H3,(H,43,44). The SMILES string of the molecule is CCCCCCCCCCCCOC(=O)C(=C(CCCCCCCCCCCC)C(=O)O)C(C)([SiH3])CCCCCCCCCCCC.